The number of hydrogen-bond acceptors (Lipinski definition) is 0. The molecule has 0 radical (unpaired) electrons. The molecule has 2 aliphatic rings. The van der Waals surface area contributed by atoms with E-state index in [9.17, 15) is 0 Å². The molecule has 0 amide bonds. The molecule has 0 aromatic carbocycles. The van der Waals surface area contributed by atoms with Gasteiger partial charge in [0.05, 0.1) is 0 Å². The predicted octanol–water partition coefficient (Wildman–Crippen LogP) is 6.37. The van der Waals surface area contributed by atoms with Gasteiger partial charge in [-0.05, 0) is 68.6 Å². The average molecular weight is 262 g/mol. The normalized spacial score (nSPS) is 36.7. The Labute approximate surface area is 121 Å². The van der Waals surface area contributed by atoms with Crippen LogP contribution in [0.15, 0.2) is 12.2 Å². The summed E-state index contributed by atoms with van der Waals surface area (Å²) >= 11 is 0. The van der Waals surface area contributed by atoms with E-state index in [4.69, 9.17) is 0 Å². The van der Waals surface area contributed by atoms with Crippen LogP contribution in [0.25, 0.3) is 0 Å². The van der Waals surface area contributed by atoms with E-state index >= 15 is 0 Å². The van der Waals surface area contributed by atoms with E-state index in [1.54, 1.807) is 12.8 Å². The monoisotopic (exact) mass is 262 g/mol. The van der Waals surface area contributed by atoms with E-state index in [-0.39, 0.29) is 0 Å². The van der Waals surface area contributed by atoms with Gasteiger partial charge in [0, 0.05) is 0 Å². The lowest BCUT2D eigenvalue weighted by molar-refractivity contribution is 0.152. The molecule has 2 aliphatic carbocycles. The van der Waals surface area contributed by atoms with Gasteiger partial charge in [-0.3, -0.25) is 0 Å². The summed E-state index contributed by atoms with van der Waals surface area (Å²) in [4.78, 5) is 0. The third-order valence-electron chi connectivity index (χ3n) is 5.72. The predicted molar refractivity (Wildman–Crippen MR) is 85.2 cm³/mol. The average Bonchev–Trinajstić information content (AvgIpc) is 2.47. The van der Waals surface area contributed by atoms with Crippen LogP contribution in [0.1, 0.15) is 84.5 Å². The molecule has 0 aromatic rings. The summed E-state index contributed by atoms with van der Waals surface area (Å²) in [5.74, 6) is 4.15. The first-order valence-electron chi connectivity index (χ1n) is 9.00. The highest BCUT2D eigenvalue weighted by atomic mass is 14.3. The van der Waals surface area contributed by atoms with Gasteiger partial charge < -0.3 is 0 Å². The molecule has 2 fully saturated rings. The summed E-state index contributed by atoms with van der Waals surface area (Å²) < 4.78 is 0. The molecule has 0 aromatic heterocycles. The first kappa shape index (κ1) is 15.1. The molecule has 0 aliphatic heterocycles. The van der Waals surface area contributed by atoms with E-state index < -0.39 is 0 Å². The van der Waals surface area contributed by atoms with Crippen LogP contribution in [0.4, 0.5) is 0 Å². The van der Waals surface area contributed by atoms with Gasteiger partial charge in [-0.1, -0.05) is 51.7 Å². The van der Waals surface area contributed by atoms with Crippen molar-refractivity contribution in [3.63, 3.8) is 0 Å². The van der Waals surface area contributed by atoms with E-state index in [0.717, 1.165) is 23.7 Å². The molecule has 0 bridgehead atoms. The minimum absolute atomic E-state index is 0.910. The standard InChI is InChI=1S/C19H34/c1-3-5-7-17-10-14-19(15-11-17)18-12-8-16(6-4-2)9-13-18/h5,7,16-19H,3-4,6,8-15H2,1-2H3. The molecule has 0 heteroatoms. The summed E-state index contributed by atoms with van der Waals surface area (Å²) in [6.45, 7) is 4.59. The highest BCUT2D eigenvalue weighted by Gasteiger charge is 2.29. The Bertz CT molecular complexity index is 249. The molecule has 19 heavy (non-hydrogen) atoms. The topological polar surface area (TPSA) is 0 Å². The van der Waals surface area contributed by atoms with Gasteiger partial charge in [0.15, 0.2) is 0 Å². The molecule has 0 heterocycles. The third-order valence-corrected chi connectivity index (χ3v) is 5.72. The van der Waals surface area contributed by atoms with Crippen molar-refractivity contribution in [3.8, 4) is 0 Å². The Morgan fingerprint density at radius 3 is 1.89 bits per heavy atom. The second-order valence-corrected chi connectivity index (χ2v) is 7.08. The van der Waals surface area contributed by atoms with Crippen molar-refractivity contribution in [2.24, 2.45) is 23.7 Å². The van der Waals surface area contributed by atoms with Crippen LogP contribution in [0.2, 0.25) is 0 Å². The fraction of sp³-hybridized carbons (Fsp3) is 0.895. The summed E-state index contributed by atoms with van der Waals surface area (Å²) in [7, 11) is 0. The van der Waals surface area contributed by atoms with E-state index in [0.29, 0.717) is 0 Å². The van der Waals surface area contributed by atoms with Gasteiger partial charge in [-0.15, -0.1) is 0 Å². The second kappa shape index (κ2) is 8.12. The first-order valence-corrected chi connectivity index (χ1v) is 9.00. The van der Waals surface area contributed by atoms with Crippen molar-refractivity contribution >= 4 is 0 Å². The van der Waals surface area contributed by atoms with E-state index in [1.807, 2.05) is 0 Å². The van der Waals surface area contributed by atoms with Crippen LogP contribution >= 0.6 is 0 Å². The zero-order valence-electron chi connectivity index (χ0n) is 13.2. The number of rotatable bonds is 5. The molecule has 0 saturated heterocycles. The minimum atomic E-state index is 0.910. The maximum atomic E-state index is 2.49. The molecular weight excluding hydrogens is 228 g/mol. The molecule has 0 spiro atoms. The first-order chi connectivity index (χ1) is 9.33. The summed E-state index contributed by atoms with van der Waals surface area (Å²) in [5, 5.41) is 0. The Morgan fingerprint density at radius 2 is 1.37 bits per heavy atom. The Balaban J connectivity index is 1.69. The Hall–Kier alpha value is -0.260. The van der Waals surface area contributed by atoms with Crippen LogP contribution in [-0.2, 0) is 0 Å². The fourth-order valence-corrected chi connectivity index (χ4v) is 4.49. The van der Waals surface area contributed by atoms with Crippen LogP contribution < -0.4 is 0 Å². The van der Waals surface area contributed by atoms with Crippen LogP contribution in [0, 0.1) is 23.7 Å². The highest BCUT2D eigenvalue weighted by molar-refractivity contribution is 4.91. The van der Waals surface area contributed by atoms with Gasteiger partial charge in [0.25, 0.3) is 0 Å². The highest BCUT2D eigenvalue weighted by Crippen LogP contribution is 2.42. The molecule has 0 atom stereocenters. The molecule has 2 saturated carbocycles. The lowest BCUT2D eigenvalue weighted by atomic mass is 9.68. The van der Waals surface area contributed by atoms with Gasteiger partial charge >= 0.3 is 0 Å². The van der Waals surface area contributed by atoms with Crippen molar-refractivity contribution in [1.82, 2.24) is 0 Å². The molecule has 2 rings (SSSR count). The van der Waals surface area contributed by atoms with Crippen molar-refractivity contribution in [1.29, 1.82) is 0 Å². The number of hydrogen-bond donors (Lipinski definition) is 0. The zero-order valence-corrected chi connectivity index (χ0v) is 13.2. The van der Waals surface area contributed by atoms with Gasteiger partial charge in [0.2, 0.25) is 0 Å². The van der Waals surface area contributed by atoms with Crippen molar-refractivity contribution in [3.05, 3.63) is 12.2 Å². The van der Waals surface area contributed by atoms with Crippen LogP contribution in [0.3, 0.4) is 0 Å². The van der Waals surface area contributed by atoms with Crippen LogP contribution in [0.5, 0.6) is 0 Å². The minimum Gasteiger partial charge on any atom is -0.0885 e. The second-order valence-electron chi connectivity index (χ2n) is 7.08. The molecule has 0 N–H and O–H groups in total. The molecule has 0 unspecified atom stereocenters. The van der Waals surface area contributed by atoms with Gasteiger partial charge in [0.1, 0.15) is 0 Å². The number of allylic oxidation sites excluding steroid dienone is 2. The Kier molecular flexibility index (Phi) is 6.47. The SMILES string of the molecule is CCC=CC1CCC(C2CCC(CCC)CC2)CC1. The lowest BCUT2D eigenvalue weighted by Crippen LogP contribution is -2.25. The lowest BCUT2D eigenvalue weighted by Gasteiger charge is -2.37. The third kappa shape index (κ3) is 4.65. The molecule has 110 valence electrons. The Morgan fingerprint density at radius 1 is 0.789 bits per heavy atom. The maximum Gasteiger partial charge on any atom is -0.0233 e. The fourth-order valence-electron chi connectivity index (χ4n) is 4.49. The summed E-state index contributed by atoms with van der Waals surface area (Å²) in [5.41, 5.74) is 0. The largest absolute Gasteiger partial charge is 0.0885 e. The van der Waals surface area contributed by atoms with Crippen molar-refractivity contribution in [2.75, 3.05) is 0 Å². The zero-order chi connectivity index (χ0) is 13.5. The van der Waals surface area contributed by atoms with Crippen molar-refractivity contribution < 1.29 is 0 Å². The van der Waals surface area contributed by atoms with E-state index in [1.165, 1.54) is 57.8 Å². The molecular formula is C19H34. The summed E-state index contributed by atoms with van der Waals surface area (Å²) in [6, 6.07) is 0. The van der Waals surface area contributed by atoms with Crippen molar-refractivity contribution in [2.45, 2.75) is 84.5 Å². The van der Waals surface area contributed by atoms with E-state index in [2.05, 4.69) is 26.0 Å². The molecule has 0 nitrogen and oxygen atoms in total. The van der Waals surface area contributed by atoms with Gasteiger partial charge in [-0.2, -0.15) is 0 Å². The maximum absolute atomic E-state index is 2.49. The van der Waals surface area contributed by atoms with Crippen LogP contribution in [-0.4, -0.2) is 0 Å². The smallest absolute Gasteiger partial charge is 0.0233 e. The summed E-state index contributed by atoms with van der Waals surface area (Å²) in [6.07, 6.45) is 21.1. The quantitative estimate of drug-likeness (QED) is 0.505. The van der Waals surface area contributed by atoms with Gasteiger partial charge in [-0.25, -0.2) is 0 Å².